The number of furan rings is 1. The number of hydrogen-bond acceptors (Lipinski definition) is 4. The molecule has 0 atom stereocenters. The molecule has 1 aliphatic rings. The fourth-order valence-corrected chi connectivity index (χ4v) is 3.17. The number of nitrogens with zero attached hydrogens (tertiary/aromatic N) is 1. The third kappa shape index (κ3) is 2.88. The molecule has 0 saturated carbocycles. The van der Waals surface area contributed by atoms with Gasteiger partial charge in [0.25, 0.3) is 0 Å². The molecule has 100 valence electrons. The molecule has 1 amide bonds. The van der Waals surface area contributed by atoms with Gasteiger partial charge in [-0.15, -0.1) is 11.3 Å². The van der Waals surface area contributed by atoms with Gasteiger partial charge >= 0.3 is 0 Å². The van der Waals surface area contributed by atoms with Crippen molar-refractivity contribution in [1.29, 1.82) is 0 Å². The molecular formula is C14H16N2O2S. The molecule has 0 spiro atoms. The normalized spacial score (nSPS) is 14.4. The second kappa shape index (κ2) is 5.59. The first-order valence-electron chi connectivity index (χ1n) is 6.38. The molecule has 0 aromatic carbocycles. The number of fused-ring (bicyclic) bond motifs is 1. The number of thiophene rings is 1. The Morgan fingerprint density at radius 2 is 2.42 bits per heavy atom. The highest BCUT2D eigenvalue weighted by Gasteiger charge is 2.20. The molecule has 19 heavy (non-hydrogen) atoms. The quantitative estimate of drug-likeness (QED) is 0.929. The van der Waals surface area contributed by atoms with Crippen LogP contribution in [0.3, 0.4) is 0 Å². The molecule has 0 unspecified atom stereocenters. The minimum absolute atomic E-state index is 0.167. The van der Waals surface area contributed by atoms with Crippen LogP contribution < -0.4 is 5.32 Å². The maximum absolute atomic E-state index is 12.1. The van der Waals surface area contributed by atoms with Crippen molar-refractivity contribution >= 4 is 17.2 Å². The van der Waals surface area contributed by atoms with E-state index in [1.54, 1.807) is 23.9 Å². The lowest BCUT2D eigenvalue weighted by Crippen LogP contribution is -2.40. The lowest BCUT2D eigenvalue weighted by Gasteiger charge is -2.27. The number of hydrogen-bond donors (Lipinski definition) is 1. The Morgan fingerprint density at radius 3 is 3.26 bits per heavy atom. The number of amides is 1. The van der Waals surface area contributed by atoms with Gasteiger partial charge in [-0.05, 0) is 29.5 Å². The molecule has 0 saturated heterocycles. The zero-order valence-electron chi connectivity index (χ0n) is 10.6. The first-order chi connectivity index (χ1) is 9.33. The van der Waals surface area contributed by atoms with Crippen LogP contribution in [0.25, 0.3) is 0 Å². The molecule has 1 aliphatic heterocycles. The van der Waals surface area contributed by atoms with Crippen LogP contribution in [0.1, 0.15) is 16.0 Å². The highest BCUT2D eigenvalue weighted by atomic mass is 32.1. The minimum Gasteiger partial charge on any atom is -0.472 e. The van der Waals surface area contributed by atoms with E-state index in [4.69, 9.17) is 4.42 Å². The van der Waals surface area contributed by atoms with E-state index in [-0.39, 0.29) is 5.91 Å². The fourth-order valence-electron chi connectivity index (χ4n) is 2.28. The van der Waals surface area contributed by atoms with Crippen LogP contribution in [-0.4, -0.2) is 23.9 Å². The molecule has 0 aliphatic carbocycles. The van der Waals surface area contributed by atoms with Gasteiger partial charge in [0.15, 0.2) is 0 Å². The Kier molecular flexibility index (Phi) is 3.66. The smallest absolute Gasteiger partial charge is 0.236 e. The largest absolute Gasteiger partial charge is 0.472 e. The van der Waals surface area contributed by atoms with Crippen molar-refractivity contribution < 1.29 is 9.21 Å². The van der Waals surface area contributed by atoms with Gasteiger partial charge in [0, 0.05) is 30.1 Å². The van der Waals surface area contributed by atoms with Crippen molar-refractivity contribution in [3.63, 3.8) is 0 Å². The van der Waals surface area contributed by atoms with Gasteiger partial charge in [-0.1, -0.05) is 0 Å². The maximum Gasteiger partial charge on any atom is 0.236 e. The second-order valence-corrected chi connectivity index (χ2v) is 5.67. The van der Waals surface area contributed by atoms with Crippen molar-refractivity contribution in [1.82, 2.24) is 10.2 Å². The van der Waals surface area contributed by atoms with E-state index in [1.165, 1.54) is 10.4 Å². The van der Waals surface area contributed by atoms with Gasteiger partial charge in [-0.3, -0.25) is 4.79 Å². The van der Waals surface area contributed by atoms with Gasteiger partial charge in [-0.25, -0.2) is 0 Å². The van der Waals surface area contributed by atoms with E-state index < -0.39 is 0 Å². The van der Waals surface area contributed by atoms with Crippen LogP contribution >= 0.6 is 11.3 Å². The predicted molar refractivity (Wildman–Crippen MR) is 73.9 cm³/mol. The standard InChI is InChI=1S/C14H16N2O2S/c17-14(8-15-7-11-2-5-18-10-11)16-4-1-13-12(9-16)3-6-19-13/h2-3,5-6,10,15H,1,4,7-9H2. The molecule has 3 rings (SSSR count). The summed E-state index contributed by atoms with van der Waals surface area (Å²) >= 11 is 1.79. The molecule has 3 heterocycles. The zero-order chi connectivity index (χ0) is 13.1. The Morgan fingerprint density at radius 1 is 1.47 bits per heavy atom. The van der Waals surface area contributed by atoms with Crippen molar-refractivity contribution in [3.05, 3.63) is 46.0 Å². The predicted octanol–water partition coefficient (Wildman–Crippen LogP) is 2.02. The molecule has 0 radical (unpaired) electrons. The molecule has 5 heteroatoms. The summed E-state index contributed by atoms with van der Waals surface area (Å²) in [5, 5.41) is 5.26. The van der Waals surface area contributed by atoms with Gasteiger partial charge in [0.2, 0.25) is 5.91 Å². The van der Waals surface area contributed by atoms with Crippen molar-refractivity contribution in [2.75, 3.05) is 13.1 Å². The maximum atomic E-state index is 12.1. The van der Waals surface area contributed by atoms with Gasteiger partial charge in [-0.2, -0.15) is 0 Å². The van der Waals surface area contributed by atoms with Crippen LogP contribution in [-0.2, 0) is 24.3 Å². The summed E-state index contributed by atoms with van der Waals surface area (Å²) in [6.07, 6.45) is 4.32. The molecule has 4 nitrogen and oxygen atoms in total. The summed E-state index contributed by atoms with van der Waals surface area (Å²) in [4.78, 5) is 15.5. The monoisotopic (exact) mass is 276 g/mol. The second-order valence-electron chi connectivity index (χ2n) is 4.67. The van der Waals surface area contributed by atoms with Crippen LogP contribution in [0.5, 0.6) is 0 Å². The van der Waals surface area contributed by atoms with Crippen LogP contribution in [0.4, 0.5) is 0 Å². The van der Waals surface area contributed by atoms with E-state index >= 15 is 0 Å². The SMILES string of the molecule is O=C(CNCc1ccoc1)N1CCc2sccc2C1. The zero-order valence-corrected chi connectivity index (χ0v) is 11.4. The Hall–Kier alpha value is -1.59. The number of carbonyl (C=O) groups is 1. The number of nitrogens with one attached hydrogen (secondary N) is 1. The van der Waals surface area contributed by atoms with Crippen molar-refractivity contribution in [2.24, 2.45) is 0 Å². The highest BCUT2D eigenvalue weighted by molar-refractivity contribution is 7.10. The third-order valence-electron chi connectivity index (χ3n) is 3.35. The molecule has 2 aromatic heterocycles. The summed E-state index contributed by atoms with van der Waals surface area (Å²) in [7, 11) is 0. The van der Waals surface area contributed by atoms with Crippen LogP contribution in [0.2, 0.25) is 0 Å². The summed E-state index contributed by atoms with van der Waals surface area (Å²) in [6.45, 7) is 2.63. The van der Waals surface area contributed by atoms with Gasteiger partial charge < -0.3 is 14.6 Å². The van der Waals surface area contributed by atoms with Crippen LogP contribution in [0.15, 0.2) is 34.5 Å². The molecule has 1 N–H and O–H groups in total. The Balaban J connectivity index is 1.49. The Bertz CT molecular complexity index is 548. The lowest BCUT2D eigenvalue weighted by atomic mass is 10.1. The third-order valence-corrected chi connectivity index (χ3v) is 4.37. The first-order valence-corrected chi connectivity index (χ1v) is 7.26. The van der Waals surface area contributed by atoms with Crippen molar-refractivity contribution in [2.45, 2.75) is 19.5 Å². The van der Waals surface area contributed by atoms with E-state index in [9.17, 15) is 4.79 Å². The van der Waals surface area contributed by atoms with Gasteiger partial charge in [0.05, 0.1) is 19.1 Å². The first kappa shape index (κ1) is 12.4. The summed E-state index contributed by atoms with van der Waals surface area (Å²) in [5.74, 6) is 0.167. The van der Waals surface area contributed by atoms with Crippen molar-refractivity contribution in [3.8, 4) is 0 Å². The summed E-state index contributed by atoms with van der Waals surface area (Å²) in [6, 6.07) is 4.02. The van der Waals surface area contributed by atoms with E-state index in [1.807, 2.05) is 11.0 Å². The van der Waals surface area contributed by atoms with E-state index in [2.05, 4.69) is 16.8 Å². The molecular weight excluding hydrogens is 260 g/mol. The average molecular weight is 276 g/mol. The molecule has 2 aromatic rings. The summed E-state index contributed by atoms with van der Waals surface area (Å²) in [5.41, 5.74) is 2.37. The molecule has 0 fully saturated rings. The Labute approximate surface area is 116 Å². The summed E-state index contributed by atoms with van der Waals surface area (Å²) < 4.78 is 4.98. The minimum atomic E-state index is 0.167. The van der Waals surface area contributed by atoms with E-state index in [0.29, 0.717) is 13.1 Å². The van der Waals surface area contributed by atoms with Crippen LogP contribution in [0, 0.1) is 0 Å². The fraction of sp³-hybridized carbons (Fsp3) is 0.357. The number of carbonyl (C=O) groups excluding carboxylic acids is 1. The average Bonchev–Trinajstić information content (AvgIpc) is 3.08. The van der Waals surface area contributed by atoms with Gasteiger partial charge in [0.1, 0.15) is 0 Å². The van der Waals surface area contributed by atoms with E-state index in [0.717, 1.165) is 25.1 Å². The highest BCUT2D eigenvalue weighted by Crippen LogP contribution is 2.23. The lowest BCUT2D eigenvalue weighted by molar-refractivity contribution is -0.131. The number of rotatable bonds is 4. The molecule has 0 bridgehead atoms. The topological polar surface area (TPSA) is 45.5 Å².